The summed E-state index contributed by atoms with van der Waals surface area (Å²) in [7, 11) is 0. The molecule has 0 fully saturated rings. The number of rotatable bonds is 10. The number of hydrogen-bond acceptors (Lipinski definition) is 3. The van der Waals surface area contributed by atoms with Crippen LogP contribution in [0.4, 0.5) is 0 Å². The van der Waals surface area contributed by atoms with E-state index in [2.05, 4.69) is 55.6 Å². The Labute approximate surface area is 166 Å². The third-order valence-corrected chi connectivity index (χ3v) is 4.66. The van der Waals surface area contributed by atoms with Crippen LogP contribution in [0.5, 0.6) is 0 Å². The van der Waals surface area contributed by atoms with Gasteiger partial charge < -0.3 is 16.0 Å². The molecule has 2 aromatic heterocycles. The Kier molecular flexibility index (Phi) is 7.61. The number of H-pyrrole nitrogens is 1. The number of nitrogens with two attached hydrogens (primary N) is 1. The van der Waals surface area contributed by atoms with Gasteiger partial charge in [0.2, 0.25) is 0 Å². The number of aliphatic imine (C=N–C) groups is 1. The first kappa shape index (κ1) is 19.6. The summed E-state index contributed by atoms with van der Waals surface area (Å²) in [4.78, 5) is 16.1. The van der Waals surface area contributed by atoms with Gasteiger partial charge in [0.05, 0.1) is 6.33 Å². The molecule has 0 spiro atoms. The van der Waals surface area contributed by atoms with E-state index in [1.807, 2.05) is 30.6 Å². The molecule has 0 aliphatic heterocycles. The molecular formula is C22H28N6. The number of nitrogens with one attached hydrogen (secondary N) is 2. The Bertz CT molecular complexity index is 775. The van der Waals surface area contributed by atoms with E-state index in [1.165, 1.54) is 5.56 Å². The number of benzene rings is 1. The monoisotopic (exact) mass is 376 g/mol. The standard InChI is InChI=1S/C22H28N6/c23-22(26-14-6-10-19-16-24-17-28-19)27-15-7-11-20(18-8-2-1-3-9-18)21-12-4-5-13-25-21/h1-5,8-9,12-13,16-17,20H,6-7,10-11,14-15H2,(H,24,28)(H3,23,26,27). The molecule has 0 aliphatic carbocycles. The predicted molar refractivity (Wildman–Crippen MR) is 113 cm³/mol. The van der Waals surface area contributed by atoms with Crippen molar-refractivity contribution in [2.24, 2.45) is 10.7 Å². The topological polar surface area (TPSA) is 92.0 Å². The van der Waals surface area contributed by atoms with E-state index < -0.39 is 0 Å². The van der Waals surface area contributed by atoms with Gasteiger partial charge in [0.25, 0.3) is 0 Å². The molecule has 0 saturated heterocycles. The van der Waals surface area contributed by atoms with E-state index in [0.717, 1.165) is 43.6 Å². The van der Waals surface area contributed by atoms with E-state index in [9.17, 15) is 0 Å². The minimum atomic E-state index is 0.289. The van der Waals surface area contributed by atoms with Crippen molar-refractivity contribution in [2.75, 3.05) is 13.1 Å². The fraction of sp³-hybridized carbons (Fsp3) is 0.318. The molecule has 1 atom stereocenters. The lowest BCUT2D eigenvalue weighted by atomic mass is 9.91. The number of imidazole rings is 1. The zero-order valence-electron chi connectivity index (χ0n) is 16.1. The zero-order valence-corrected chi connectivity index (χ0v) is 16.1. The van der Waals surface area contributed by atoms with Gasteiger partial charge in [-0.1, -0.05) is 36.4 Å². The third-order valence-electron chi connectivity index (χ3n) is 4.66. The molecular weight excluding hydrogens is 348 g/mol. The van der Waals surface area contributed by atoms with Crippen molar-refractivity contribution in [1.29, 1.82) is 0 Å². The predicted octanol–water partition coefficient (Wildman–Crippen LogP) is 3.25. The summed E-state index contributed by atoms with van der Waals surface area (Å²) in [5.74, 6) is 0.801. The van der Waals surface area contributed by atoms with Crippen LogP contribution in [0.15, 0.2) is 72.2 Å². The maximum absolute atomic E-state index is 5.98. The maximum Gasteiger partial charge on any atom is 0.188 e. The Morgan fingerprint density at radius 3 is 2.71 bits per heavy atom. The first-order chi connectivity index (χ1) is 13.8. The number of aromatic nitrogens is 3. The minimum absolute atomic E-state index is 0.289. The summed E-state index contributed by atoms with van der Waals surface area (Å²) in [5.41, 5.74) is 9.51. The molecule has 28 heavy (non-hydrogen) atoms. The highest BCUT2D eigenvalue weighted by atomic mass is 15.1. The summed E-state index contributed by atoms with van der Waals surface area (Å²) in [5, 5.41) is 3.22. The van der Waals surface area contributed by atoms with E-state index in [-0.39, 0.29) is 5.92 Å². The van der Waals surface area contributed by atoms with Gasteiger partial charge in [-0.15, -0.1) is 0 Å². The van der Waals surface area contributed by atoms with Crippen molar-refractivity contribution in [1.82, 2.24) is 20.3 Å². The summed E-state index contributed by atoms with van der Waals surface area (Å²) >= 11 is 0. The van der Waals surface area contributed by atoms with Gasteiger partial charge in [-0.2, -0.15) is 0 Å². The Morgan fingerprint density at radius 2 is 1.96 bits per heavy atom. The molecule has 1 unspecified atom stereocenters. The van der Waals surface area contributed by atoms with Crippen LogP contribution < -0.4 is 11.1 Å². The number of pyridine rings is 1. The quantitative estimate of drug-likeness (QED) is 0.288. The highest BCUT2D eigenvalue weighted by Crippen LogP contribution is 2.27. The van der Waals surface area contributed by atoms with Crippen LogP contribution >= 0.6 is 0 Å². The van der Waals surface area contributed by atoms with Crippen LogP contribution in [0.3, 0.4) is 0 Å². The number of aryl methyl sites for hydroxylation is 1. The van der Waals surface area contributed by atoms with E-state index in [4.69, 9.17) is 5.73 Å². The molecule has 0 bridgehead atoms. The molecule has 4 N–H and O–H groups in total. The molecule has 6 nitrogen and oxygen atoms in total. The Morgan fingerprint density at radius 1 is 1.11 bits per heavy atom. The normalized spacial score (nSPS) is 12.6. The number of hydrogen-bond donors (Lipinski definition) is 3. The van der Waals surface area contributed by atoms with Crippen molar-refractivity contribution in [2.45, 2.75) is 31.6 Å². The lowest BCUT2D eigenvalue weighted by Gasteiger charge is -2.17. The van der Waals surface area contributed by atoms with Crippen molar-refractivity contribution < 1.29 is 0 Å². The van der Waals surface area contributed by atoms with Gasteiger partial charge in [-0.3, -0.25) is 9.98 Å². The summed E-state index contributed by atoms with van der Waals surface area (Å²) in [6.07, 6.45) is 9.26. The Hall–Kier alpha value is -3.15. The lowest BCUT2D eigenvalue weighted by molar-refractivity contribution is 0.635. The number of nitrogens with zero attached hydrogens (tertiary/aromatic N) is 3. The molecule has 146 valence electrons. The highest BCUT2D eigenvalue weighted by molar-refractivity contribution is 5.77. The van der Waals surface area contributed by atoms with Gasteiger partial charge in [-0.25, -0.2) is 4.98 Å². The van der Waals surface area contributed by atoms with Gasteiger partial charge in [0, 0.05) is 42.8 Å². The smallest absolute Gasteiger partial charge is 0.188 e. The van der Waals surface area contributed by atoms with Gasteiger partial charge in [-0.05, 0) is 43.4 Å². The largest absolute Gasteiger partial charge is 0.370 e. The molecule has 3 aromatic rings. The number of guanidine groups is 1. The van der Waals surface area contributed by atoms with Crippen LogP contribution in [0.1, 0.15) is 42.1 Å². The fourth-order valence-electron chi connectivity index (χ4n) is 3.22. The second-order valence-corrected chi connectivity index (χ2v) is 6.73. The molecule has 1 aromatic carbocycles. The van der Waals surface area contributed by atoms with Crippen LogP contribution in [-0.4, -0.2) is 34.0 Å². The Balaban J connectivity index is 1.43. The average Bonchev–Trinajstić information content (AvgIpc) is 3.26. The van der Waals surface area contributed by atoms with Crippen molar-refractivity contribution in [3.63, 3.8) is 0 Å². The van der Waals surface area contributed by atoms with Gasteiger partial charge >= 0.3 is 0 Å². The van der Waals surface area contributed by atoms with Gasteiger partial charge in [0.1, 0.15) is 0 Å². The van der Waals surface area contributed by atoms with E-state index in [0.29, 0.717) is 12.5 Å². The van der Waals surface area contributed by atoms with Crippen molar-refractivity contribution in [3.8, 4) is 0 Å². The summed E-state index contributed by atoms with van der Waals surface area (Å²) < 4.78 is 0. The number of aromatic amines is 1. The second kappa shape index (κ2) is 10.9. The third kappa shape index (κ3) is 6.23. The highest BCUT2D eigenvalue weighted by Gasteiger charge is 2.14. The molecule has 0 radical (unpaired) electrons. The molecule has 3 rings (SSSR count). The van der Waals surface area contributed by atoms with Gasteiger partial charge in [0.15, 0.2) is 5.96 Å². The molecule has 0 aliphatic rings. The first-order valence-electron chi connectivity index (χ1n) is 9.80. The van der Waals surface area contributed by atoms with E-state index >= 15 is 0 Å². The summed E-state index contributed by atoms with van der Waals surface area (Å²) in [6.45, 7) is 1.50. The maximum atomic E-state index is 5.98. The fourth-order valence-corrected chi connectivity index (χ4v) is 3.22. The SMILES string of the molecule is NC(=NCCCc1cnc[nH]1)NCCCC(c1ccccc1)c1ccccn1. The average molecular weight is 377 g/mol. The second-order valence-electron chi connectivity index (χ2n) is 6.73. The van der Waals surface area contributed by atoms with Crippen LogP contribution in [0.25, 0.3) is 0 Å². The summed E-state index contributed by atoms with van der Waals surface area (Å²) in [6, 6.07) is 16.6. The van der Waals surface area contributed by atoms with Crippen LogP contribution in [0.2, 0.25) is 0 Å². The molecule has 6 heteroatoms. The van der Waals surface area contributed by atoms with Crippen LogP contribution in [-0.2, 0) is 6.42 Å². The van der Waals surface area contributed by atoms with E-state index in [1.54, 1.807) is 6.33 Å². The van der Waals surface area contributed by atoms with Crippen molar-refractivity contribution in [3.05, 3.63) is 84.2 Å². The molecule has 0 saturated carbocycles. The van der Waals surface area contributed by atoms with Crippen LogP contribution in [0, 0.1) is 0 Å². The lowest BCUT2D eigenvalue weighted by Crippen LogP contribution is -2.32. The zero-order chi connectivity index (χ0) is 19.4. The van der Waals surface area contributed by atoms with Crippen molar-refractivity contribution >= 4 is 5.96 Å². The first-order valence-corrected chi connectivity index (χ1v) is 9.80. The molecule has 2 heterocycles. The minimum Gasteiger partial charge on any atom is -0.370 e. The molecule has 0 amide bonds.